The molecule has 134 valence electrons. The highest BCUT2D eigenvalue weighted by atomic mass is 28.3. The molecule has 0 aromatic heterocycles. The minimum absolute atomic E-state index is 0.407. The van der Waals surface area contributed by atoms with Crippen LogP contribution in [-0.4, -0.2) is 34.2 Å². The summed E-state index contributed by atoms with van der Waals surface area (Å²) in [5.74, 6) is 0.0126. The molecule has 23 heavy (non-hydrogen) atoms. The highest BCUT2D eigenvalue weighted by Crippen LogP contribution is 2.52. The second-order valence-electron chi connectivity index (χ2n) is 7.17. The minimum atomic E-state index is -1.30. The van der Waals surface area contributed by atoms with Crippen molar-refractivity contribution in [3.8, 4) is 0 Å². The van der Waals surface area contributed by atoms with Gasteiger partial charge >= 0.3 is 11.9 Å². The molecule has 1 fully saturated rings. The molecule has 5 heteroatoms. The number of rotatable bonds is 8. The van der Waals surface area contributed by atoms with E-state index in [1.165, 1.54) is 38.4 Å². The highest BCUT2D eigenvalue weighted by molar-refractivity contribution is 6.79. The van der Waals surface area contributed by atoms with Gasteiger partial charge in [0, 0.05) is 0 Å². The van der Waals surface area contributed by atoms with Crippen molar-refractivity contribution in [2.24, 2.45) is 17.3 Å². The third kappa shape index (κ3) is 3.81. The van der Waals surface area contributed by atoms with Gasteiger partial charge in [0.2, 0.25) is 0 Å². The Hall–Kier alpha value is -0.843. The van der Waals surface area contributed by atoms with Gasteiger partial charge in [-0.05, 0) is 24.7 Å². The third-order valence-electron chi connectivity index (χ3n) is 6.51. The molecule has 1 aliphatic carbocycles. The van der Waals surface area contributed by atoms with Gasteiger partial charge in [-0.25, -0.2) is 0 Å². The van der Waals surface area contributed by atoms with Crippen LogP contribution in [0.5, 0.6) is 0 Å². The summed E-state index contributed by atoms with van der Waals surface area (Å²) in [5.41, 5.74) is -1.08. The largest absolute Gasteiger partial charge is 0.468 e. The molecule has 1 rings (SSSR count). The molecule has 1 aliphatic rings. The van der Waals surface area contributed by atoms with Crippen LogP contribution < -0.4 is 0 Å². The van der Waals surface area contributed by atoms with Crippen molar-refractivity contribution < 1.29 is 19.1 Å². The Morgan fingerprint density at radius 2 is 1.35 bits per heavy atom. The van der Waals surface area contributed by atoms with Crippen LogP contribution in [0.3, 0.4) is 0 Å². The predicted molar refractivity (Wildman–Crippen MR) is 95.0 cm³/mol. The Bertz CT molecular complexity index is 393. The summed E-state index contributed by atoms with van der Waals surface area (Å²) < 4.78 is 9.96. The molecule has 0 spiro atoms. The SMILES string of the molecule is CC[C@@H]1CC(C(=O)OC)(C(=O)OC)C[C@H]1C[Si](CC)(CC)CC. The van der Waals surface area contributed by atoms with Gasteiger partial charge in [-0.2, -0.15) is 0 Å². The number of carbonyl (C=O) groups excluding carboxylic acids is 2. The normalized spacial score (nSPS) is 23.6. The molecule has 1 saturated carbocycles. The maximum atomic E-state index is 12.4. The predicted octanol–water partition coefficient (Wildman–Crippen LogP) is 4.26. The van der Waals surface area contributed by atoms with Crippen molar-refractivity contribution >= 4 is 20.0 Å². The van der Waals surface area contributed by atoms with Gasteiger partial charge in [-0.1, -0.05) is 58.3 Å². The molecule has 0 heterocycles. The Morgan fingerprint density at radius 1 is 0.913 bits per heavy atom. The number of hydrogen-bond donors (Lipinski definition) is 0. The Labute approximate surface area is 142 Å². The molecule has 0 unspecified atom stereocenters. The zero-order valence-electron chi connectivity index (χ0n) is 15.7. The van der Waals surface area contributed by atoms with E-state index in [-0.39, 0.29) is 0 Å². The van der Waals surface area contributed by atoms with Crippen LogP contribution in [0.15, 0.2) is 0 Å². The van der Waals surface area contributed by atoms with Crippen molar-refractivity contribution in [3.05, 3.63) is 0 Å². The van der Waals surface area contributed by atoms with E-state index in [4.69, 9.17) is 9.47 Å². The number of esters is 2. The maximum absolute atomic E-state index is 12.4. The average molecular weight is 343 g/mol. The maximum Gasteiger partial charge on any atom is 0.323 e. The number of methoxy groups -OCH3 is 2. The molecular formula is C18H34O4Si. The van der Waals surface area contributed by atoms with Crippen molar-refractivity contribution in [1.29, 1.82) is 0 Å². The lowest BCUT2D eigenvalue weighted by Crippen LogP contribution is -2.40. The van der Waals surface area contributed by atoms with E-state index in [0.717, 1.165) is 6.42 Å². The highest BCUT2D eigenvalue weighted by Gasteiger charge is 2.57. The first-order valence-corrected chi connectivity index (χ1v) is 11.9. The summed E-state index contributed by atoms with van der Waals surface area (Å²) in [6, 6.07) is 5.04. The molecule has 2 atom stereocenters. The van der Waals surface area contributed by atoms with Crippen LogP contribution in [0.25, 0.3) is 0 Å². The van der Waals surface area contributed by atoms with Gasteiger partial charge in [0.05, 0.1) is 22.3 Å². The van der Waals surface area contributed by atoms with Crippen LogP contribution in [0, 0.1) is 17.3 Å². The van der Waals surface area contributed by atoms with Gasteiger partial charge < -0.3 is 9.47 Å². The van der Waals surface area contributed by atoms with Gasteiger partial charge in [0.15, 0.2) is 5.41 Å². The standard InChI is InChI=1S/C18H34O4Si/c1-7-14-11-18(16(19)21-5,17(20)22-6)12-15(14)13-23(8-2,9-3)10-4/h14-15H,7-13H2,1-6H3/t14-,15+/m1/s1. The van der Waals surface area contributed by atoms with Gasteiger partial charge in [0.1, 0.15) is 0 Å². The Morgan fingerprint density at radius 3 is 1.70 bits per heavy atom. The van der Waals surface area contributed by atoms with Crippen molar-refractivity contribution in [1.82, 2.24) is 0 Å². The molecule has 0 aromatic carbocycles. The second-order valence-corrected chi connectivity index (χ2v) is 12.7. The zero-order valence-corrected chi connectivity index (χ0v) is 16.7. The summed E-state index contributed by atoms with van der Waals surface area (Å²) in [6.07, 6.45) is 2.18. The lowest BCUT2D eigenvalue weighted by molar-refractivity contribution is -0.169. The van der Waals surface area contributed by atoms with Crippen molar-refractivity contribution in [2.45, 2.75) is 71.1 Å². The molecule has 0 amide bonds. The molecule has 0 saturated heterocycles. The molecule has 0 bridgehead atoms. The van der Waals surface area contributed by atoms with E-state index >= 15 is 0 Å². The molecular weight excluding hydrogens is 308 g/mol. The topological polar surface area (TPSA) is 52.6 Å². The molecule has 0 aromatic rings. The van der Waals surface area contributed by atoms with E-state index in [2.05, 4.69) is 27.7 Å². The fourth-order valence-electron chi connectivity index (χ4n) is 4.57. The van der Waals surface area contributed by atoms with Gasteiger partial charge in [0.25, 0.3) is 0 Å². The van der Waals surface area contributed by atoms with E-state index in [0.29, 0.717) is 24.7 Å². The Kier molecular flexibility index (Phi) is 7.30. The summed E-state index contributed by atoms with van der Waals surface area (Å²) in [5, 5.41) is 0. The van der Waals surface area contributed by atoms with Crippen LogP contribution in [0.1, 0.15) is 47.0 Å². The smallest absolute Gasteiger partial charge is 0.323 e. The number of carbonyl (C=O) groups is 2. The number of ether oxygens (including phenoxy) is 2. The van der Waals surface area contributed by atoms with Gasteiger partial charge in [-0.15, -0.1) is 0 Å². The van der Waals surface area contributed by atoms with Gasteiger partial charge in [-0.3, -0.25) is 9.59 Å². The van der Waals surface area contributed by atoms with Crippen LogP contribution in [-0.2, 0) is 19.1 Å². The number of hydrogen-bond acceptors (Lipinski definition) is 4. The first kappa shape index (κ1) is 20.2. The first-order chi connectivity index (χ1) is 10.9. The summed E-state index contributed by atoms with van der Waals surface area (Å²) in [7, 11) is 1.43. The van der Waals surface area contributed by atoms with E-state index < -0.39 is 25.4 Å². The first-order valence-electron chi connectivity index (χ1n) is 9.05. The molecule has 0 aliphatic heterocycles. The third-order valence-corrected chi connectivity index (χ3v) is 12.4. The van der Waals surface area contributed by atoms with Crippen molar-refractivity contribution in [2.75, 3.05) is 14.2 Å². The van der Waals surface area contributed by atoms with Crippen LogP contribution in [0.4, 0.5) is 0 Å². The lowest BCUT2D eigenvalue weighted by Gasteiger charge is -2.33. The summed E-state index contributed by atoms with van der Waals surface area (Å²) in [4.78, 5) is 24.8. The van der Waals surface area contributed by atoms with Crippen LogP contribution >= 0.6 is 0 Å². The second kappa shape index (κ2) is 8.31. The van der Waals surface area contributed by atoms with Crippen molar-refractivity contribution in [3.63, 3.8) is 0 Å². The van der Waals surface area contributed by atoms with E-state index in [1.807, 2.05) is 0 Å². The fraction of sp³-hybridized carbons (Fsp3) is 0.889. The Balaban J connectivity index is 3.11. The van der Waals surface area contributed by atoms with Crippen LogP contribution in [0.2, 0.25) is 24.2 Å². The average Bonchev–Trinajstić information content (AvgIpc) is 2.97. The zero-order chi connectivity index (χ0) is 17.7. The molecule has 4 nitrogen and oxygen atoms in total. The summed E-state index contributed by atoms with van der Waals surface area (Å²) in [6.45, 7) is 9.09. The minimum Gasteiger partial charge on any atom is -0.468 e. The summed E-state index contributed by atoms with van der Waals surface area (Å²) >= 11 is 0. The lowest BCUT2D eigenvalue weighted by atomic mass is 9.85. The fourth-order valence-corrected chi connectivity index (χ4v) is 8.53. The molecule has 0 radical (unpaired) electrons. The monoisotopic (exact) mass is 342 g/mol. The molecule has 0 N–H and O–H groups in total. The van der Waals surface area contributed by atoms with E-state index in [9.17, 15) is 9.59 Å². The quantitative estimate of drug-likeness (QED) is 0.376. The van der Waals surface area contributed by atoms with E-state index in [1.54, 1.807) is 0 Å².